The van der Waals surface area contributed by atoms with Crippen LogP contribution < -0.4 is 5.73 Å². The van der Waals surface area contributed by atoms with Crippen LogP contribution in [0.15, 0.2) is 22.7 Å². The van der Waals surface area contributed by atoms with Crippen LogP contribution in [0.5, 0.6) is 0 Å². The molecule has 1 nitrogen and oxygen atoms in total. The van der Waals surface area contributed by atoms with E-state index in [2.05, 4.69) is 48.8 Å². The van der Waals surface area contributed by atoms with Gasteiger partial charge in [-0.1, -0.05) is 60.8 Å². The first-order chi connectivity index (χ1) is 9.32. The predicted molar refractivity (Wildman–Crippen MR) is 91.1 cm³/mol. The van der Waals surface area contributed by atoms with Gasteiger partial charge in [-0.2, -0.15) is 0 Å². The van der Waals surface area contributed by atoms with Gasteiger partial charge in [0.25, 0.3) is 0 Å². The van der Waals surface area contributed by atoms with Gasteiger partial charge in [0.15, 0.2) is 0 Å². The molecule has 3 heteroatoms. The Labute approximate surface area is 136 Å². The van der Waals surface area contributed by atoms with E-state index < -0.39 is 0 Å². The zero-order valence-electron chi connectivity index (χ0n) is 12.6. The Morgan fingerprint density at radius 3 is 2.70 bits per heavy atom. The molecule has 1 aliphatic carbocycles. The maximum Gasteiger partial charge on any atom is 0.0449 e. The van der Waals surface area contributed by atoms with Crippen molar-refractivity contribution in [1.82, 2.24) is 0 Å². The van der Waals surface area contributed by atoms with Crippen molar-refractivity contribution in [2.75, 3.05) is 0 Å². The lowest BCUT2D eigenvalue weighted by atomic mass is 9.63. The third-order valence-electron chi connectivity index (χ3n) is 4.78. The van der Waals surface area contributed by atoms with Gasteiger partial charge in [0.1, 0.15) is 0 Å². The van der Waals surface area contributed by atoms with Crippen molar-refractivity contribution in [1.29, 1.82) is 0 Å². The zero-order chi connectivity index (χ0) is 14.9. The summed E-state index contributed by atoms with van der Waals surface area (Å²) in [5.41, 5.74) is 7.92. The minimum atomic E-state index is -0.122. The minimum Gasteiger partial charge on any atom is -0.325 e. The maximum absolute atomic E-state index is 6.86. The molecule has 0 saturated heterocycles. The summed E-state index contributed by atoms with van der Waals surface area (Å²) in [6.07, 6.45) is 4.52. The van der Waals surface area contributed by atoms with Gasteiger partial charge in [-0.05, 0) is 54.7 Å². The smallest absolute Gasteiger partial charge is 0.0449 e. The fourth-order valence-electron chi connectivity index (χ4n) is 3.87. The summed E-state index contributed by atoms with van der Waals surface area (Å²) in [6.45, 7) is 6.91. The molecular weight excluding hydrogens is 334 g/mol. The van der Waals surface area contributed by atoms with E-state index >= 15 is 0 Å². The lowest BCUT2D eigenvalue weighted by Gasteiger charge is -2.46. The van der Waals surface area contributed by atoms with E-state index in [4.69, 9.17) is 17.3 Å². The van der Waals surface area contributed by atoms with E-state index in [1.807, 2.05) is 6.07 Å². The largest absolute Gasteiger partial charge is 0.325 e. The molecule has 0 aromatic heterocycles. The molecule has 2 N–H and O–H groups in total. The predicted octanol–water partition coefficient (Wildman–Crippen LogP) is 5.43. The van der Waals surface area contributed by atoms with E-state index in [9.17, 15) is 0 Å². The second-order valence-electron chi connectivity index (χ2n) is 6.88. The van der Waals surface area contributed by atoms with Crippen LogP contribution in [0.3, 0.4) is 0 Å². The molecule has 0 spiro atoms. The van der Waals surface area contributed by atoms with E-state index in [-0.39, 0.29) is 5.54 Å². The first-order valence-electron chi connectivity index (χ1n) is 7.54. The van der Waals surface area contributed by atoms with Crippen molar-refractivity contribution in [2.45, 2.75) is 52.0 Å². The summed E-state index contributed by atoms with van der Waals surface area (Å²) in [6, 6.07) is 6.13. The van der Waals surface area contributed by atoms with Crippen molar-refractivity contribution in [3.8, 4) is 0 Å². The molecule has 0 aliphatic heterocycles. The average molecular weight is 359 g/mol. The zero-order valence-corrected chi connectivity index (χ0v) is 15.0. The highest BCUT2D eigenvalue weighted by Gasteiger charge is 2.41. The Hall–Kier alpha value is -0.0500. The van der Waals surface area contributed by atoms with Crippen molar-refractivity contribution < 1.29 is 0 Å². The highest BCUT2D eigenvalue weighted by Crippen LogP contribution is 2.42. The maximum atomic E-state index is 6.86. The van der Waals surface area contributed by atoms with E-state index in [1.54, 1.807) is 0 Å². The van der Waals surface area contributed by atoms with Crippen LogP contribution in [0.25, 0.3) is 0 Å². The molecule has 1 aromatic rings. The third-order valence-corrected chi connectivity index (χ3v) is 5.62. The Kier molecular flexibility index (Phi) is 5.20. The van der Waals surface area contributed by atoms with Gasteiger partial charge in [0.05, 0.1) is 0 Å². The highest BCUT2D eigenvalue weighted by molar-refractivity contribution is 9.10. The Morgan fingerprint density at radius 2 is 2.10 bits per heavy atom. The van der Waals surface area contributed by atoms with Gasteiger partial charge in [-0.25, -0.2) is 0 Å². The third kappa shape index (κ3) is 3.58. The van der Waals surface area contributed by atoms with Crippen molar-refractivity contribution in [2.24, 2.45) is 23.5 Å². The number of rotatable bonds is 3. The van der Waals surface area contributed by atoms with Crippen LogP contribution in [0, 0.1) is 17.8 Å². The highest BCUT2D eigenvalue weighted by atomic mass is 79.9. The number of hydrogen-bond donors (Lipinski definition) is 1. The Morgan fingerprint density at radius 1 is 1.40 bits per heavy atom. The molecule has 2 rings (SSSR count). The normalized spacial score (nSPS) is 30.8. The summed E-state index contributed by atoms with van der Waals surface area (Å²) < 4.78 is 1.02. The fraction of sp³-hybridized carbons (Fsp3) is 0.647. The fourth-order valence-corrected chi connectivity index (χ4v) is 4.61. The first-order valence-corrected chi connectivity index (χ1v) is 8.72. The number of halogens is 2. The molecule has 0 amide bonds. The van der Waals surface area contributed by atoms with Crippen LogP contribution in [0.2, 0.25) is 5.02 Å². The van der Waals surface area contributed by atoms with Crippen LogP contribution in [0.4, 0.5) is 0 Å². The quantitative estimate of drug-likeness (QED) is 0.765. The van der Waals surface area contributed by atoms with Crippen LogP contribution in [-0.2, 0) is 6.42 Å². The molecule has 0 bridgehead atoms. The standard InChI is InChI=1S/C17H25BrClN/c1-11(2)15-7-4-12(3)9-17(15,20)10-13-5-6-14(18)8-16(13)19/h5-6,8,11-12,15H,4,7,9-10,20H2,1-3H3. The summed E-state index contributed by atoms with van der Waals surface area (Å²) in [5.74, 6) is 1.92. The van der Waals surface area contributed by atoms with Crippen molar-refractivity contribution in [3.63, 3.8) is 0 Å². The van der Waals surface area contributed by atoms with E-state index in [0.717, 1.165) is 22.3 Å². The summed E-state index contributed by atoms with van der Waals surface area (Å²) in [5, 5.41) is 0.824. The van der Waals surface area contributed by atoms with Crippen LogP contribution in [-0.4, -0.2) is 5.54 Å². The van der Waals surface area contributed by atoms with Crippen molar-refractivity contribution in [3.05, 3.63) is 33.3 Å². The molecule has 3 atom stereocenters. The topological polar surface area (TPSA) is 26.0 Å². The second-order valence-corrected chi connectivity index (χ2v) is 8.21. The minimum absolute atomic E-state index is 0.122. The number of hydrogen-bond acceptors (Lipinski definition) is 1. The molecule has 1 aromatic carbocycles. The molecule has 0 heterocycles. The first kappa shape index (κ1) is 16.3. The molecule has 112 valence electrons. The lowest BCUT2D eigenvalue weighted by Crippen LogP contribution is -2.54. The Bertz CT molecular complexity index is 474. The SMILES string of the molecule is CC1CCC(C(C)C)C(N)(Cc2ccc(Br)cc2Cl)C1. The monoisotopic (exact) mass is 357 g/mol. The van der Waals surface area contributed by atoms with Crippen LogP contribution in [0.1, 0.15) is 45.6 Å². The van der Waals surface area contributed by atoms with Gasteiger partial charge in [-0.3, -0.25) is 0 Å². The number of nitrogens with two attached hydrogens (primary N) is 1. The molecule has 1 saturated carbocycles. The van der Waals surface area contributed by atoms with E-state index in [0.29, 0.717) is 17.8 Å². The van der Waals surface area contributed by atoms with Crippen molar-refractivity contribution >= 4 is 27.5 Å². The summed E-state index contributed by atoms with van der Waals surface area (Å²) in [7, 11) is 0. The van der Waals surface area contributed by atoms with Gasteiger partial charge in [0, 0.05) is 15.0 Å². The van der Waals surface area contributed by atoms with E-state index in [1.165, 1.54) is 18.4 Å². The second kappa shape index (κ2) is 6.37. The summed E-state index contributed by atoms with van der Waals surface area (Å²) >= 11 is 9.85. The number of benzene rings is 1. The summed E-state index contributed by atoms with van der Waals surface area (Å²) in [4.78, 5) is 0. The molecule has 1 aliphatic rings. The van der Waals surface area contributed by atoms with Gasteiger partial charge >= 0.3 is 0 Å². The van der Waals surface area contributed by atoms with Crippen LogP contribution >= 0.6 is 27.5 Å². The molecule has 3 unspecified atom stereocenters. The molecule has 1 fully saturated rings. The van der Waals surface area contributed by atoms with Gasteiger partial charge in [0.2, 0.25) is 0 Å². The van der Waals surface area contributed by atoms with Gasteiger partial charge < -0.3 is 5.73 Å². The molecule has 20 heavy (non-hydrogen) atoms. The van der Waals surface area contributed by atoms with Gasteiger partial charge in [-0.15, -0.1) is 0 Å². The molecule has 0 radical (unpaired) electrons. The molecular formula is C17H25BrClN. The average Bonchev–Trinajstić information content (AvgIpc) is 2.32. The lowest BCUT2D eigenvalue weighted by molar-refractivity contribution is 0.109. The Balaban J connectivity index is 2.26.